The molecule has 1 amide bonds. The third-order valence-electron chi connectivity index (χ3n) is 3.29. The molecule has 0 saturated heterocycles. The molecule has 0 aromatic heterocycles. The zero-order chi connectivity index (χ0) is 18.2. The molecule has 0 spiro atoms. The predicted molar refractivity (Wildman–Crippen MR) is 117 cm³/mol. The SMILES string of the molecule is CCCCOc1ccc(C(=O)NC(=S)Nc2ccc(Br)cc2I)cc1. The van der Waals surface area contributed by atoms with E-state index in [-0.39, 0.29) is 11.0 Å². The Hall–Kier alpha value is -1.19. The highest BCUT2D eigenvalue weighted by molar-refractivity contribution is 14.1. The molecule has 0 bridgehead atoms. The fourth-order valence-electron chi connectivity index (χ4n) is 1.96. The number of ether oxygens (including phenoxy) is 1. The third-order valence-corrected chi connectivity index (χ3v) is 4.88. The lowest BCUT2D eigenvalue weighted by atomic mass is 10.2. The second-order valence-electron chi connectivity index (χ2n) is 5.26. The van der Waals surface area contributed by atoms with Crippen LogP contribution in [0.5, 0.6) is 5.75 Å². The maximum Gasteiger partial charge on any atom is 0.257 e. The van der Waals surface area contributed by atoms with Crippen molar-refractivity contribution < 1.29 is 9.53 Å². The first-order valence-corrected chi connectivity index (χ1v) is 10.1. The van der Waals surface area contributed by atoms with Crippen LogP contribution in [0.15, 0.2) is 46.9 Å². The van der Waals surface area contributed by atoms with Gasteiger partial charge in [-0.1, -0.05) is 29.3 Å². The van der Waals surface area contributed by atoms with Crippen molar-refractivity contribution >= 4 is 67.4 Å². The quantitative estimate of drug-likeness (QED) is 0.299. The smallest absolute Gasteiger partial charge is 0.257 e. The highest BCUT2D eigenvalue weighted by Gasteiger charge is 2.09. The van der Waals surface area contributed by atoms with Crippen LogP contribution in [-0.4, -0.2) is 17.6 Å². The van der Waals surface area contributed by atoms with Gasteiger partial charge in [0.2, 0.25) is 0 Å². The van der Waals surface area contributed by atoms with Crippen LogP contribution in [-0.2, 0) is 0 Å². The number of anilines is 1. The monoisotopic (exact) mass is 532 g/mol. The normalized spacial score (nSPS) is 10.2. The Kier molecular flexibility index (Phi) is 8.11. The topological polar surface area (TPSA) is 50.4 Å². The molecular weight excluding hydrogens is 515 g/mol. The van der Waals surface area contributed by atoms with E-state index in [2.05, 4.69) is 56.1 Å². The minimum Gasteiger partial charge on any atom is -0.494 e. The molecule has 4 nitrogen and oxygen atoms in total. The third kappa shape index (κ3) is 6.56. The van der Waals surface area contributed by atoms with Gasteiger partial charge in [0.1, 0.15) is 5.75 Å². The average Bonchev–Trinajstić information content (AvgIpc) is 2.58. The van der Waals surface area contributed by atoms with Crippen molar-refractivity contribution in [2.45, 2.75) is 19.8 Å². The number of unbranched alkanes of at least 4 members (excludes halogenated alkanes) is 1. The summed E-state index contributed by atoms with van der Waals surface area (Å²) in [5.74, 6) is 0.500. The van der Waals surface area contributed by atoms with Crippen LogP contribution in [0.4, 0.5) is 5.69 Å². The zero-order valence-corrected chi connectivity index (χ0v) is 18.2. The van der Waals surface area contributed by atoms with Gasteiger partial charge in [0.15, 0.2) is 5.11 Å². The van der Waals surface area contributed by atoms with Crippen LogP contribution in [0.3, 0.4) is 0 Å². The molecule has 7 heteroatoms. The van der Waals surface area contributed by atoms with Gasteiger partial charge in [0, 0.05) is 13.6 Å². The largest absolute Gasteiger partial charge is 0.494 e. The Morgan fingerprint density at radius 1 is 1.24 bits per heavy atom. The highest BCUT2D eigenvalue weighted by Crippen LogP contribution is 2.22. The van der Waals surface area contributed by atoms with Gasteiger partial charge in [0.25, 0.3) is 5.91 Å². The molecule has 0 atom stereocenters. The number of thiocarbonyl (C=S) groups is 1. The molecular formula is C18H18BrIN2O2S. The number of carbonyl (C=O) groups excluding carboxylic acids is 1. The number of carbonyl (C=O) groups is 1. The fraction of sp³-hybridized carbons (Fsp3) is 0.222. The van der Waals surface area contributed by atoms with E-state index in [9.17, 15) is 4.79 Å². The van der Waals surface area contributed by atoms with Crippen LogP contribution in [0.2, 0.25) is 0 Å². The Balaban J connectivity index is 1.91. The number of nitrogens with one attached hydrogen (secondary N) is 2. The molecule has 2 rings (SSSR count). The Morgan fingerprint density at radius 2 is 1.96 bits per heavy atom. The van der Waals surface area contributed by atoms with Crippen LogP contribution in [0.1, 0.15) is 30.1 Å². The molecule has 0 aliphatic heterocycles. The summed E-state index contributed by atoms with van der Waals surface area (Å²) >= 11 is 10.8. The Morgan fingerprint density at radius 3 is 2.60 bits per heavy atom. The molecule has 0 aliphatic carbocycles. The van der Waals surface area contributed by atoms with E-state index >= 15 is 0 Å². The van der Waals surface area contributed by atoms with E-state index in [0.717, 1.165) is 32.3 Å². The van der Waals surface area contributed by atoms with Crippen molar-refractivity contribution in [2.75, 3.05) is 11.9 Å². The second-order valence-corrected chi connectivity index (χ2v) is 7.74. The van der Waals surface area contributed by atoms with Gasteiger partial charge in [-0.3, -0.25) is 10.1 Å². The summed E-state index contributed by atoms with van der Waals surface area (Å²) in [5, 5.41) is 5.97. The van der Waals surface area contributed by atoms with Gasteiger partial charge in [0.05, 0.1) is 12.3 Å². The molecule has 0 aliphatic rings. The fourth-order valence-corrected chi connectivity index (χ4v) is 3.60. The summed E-state index contributed by atoms with van der Waals surface area (Å²) in [7, 11) is 0. The standard InChI is InChI=1S/C18H18BrIN2O2S/c1-2-3-10-24-14-7-4-12(5-8-14)17(23)22-18(25)21-16-9-6-13(19)11-15(16)20/h4-9,11H,2-3,10H2,1H3,(H2,21,22,23,25). The summed E-state index contributed by atoms with van der Waals surface area (Å²) in [4.78, 5) is 12.3. The first-order valence-electron chi connectivity index (χ1n) is 7.80. The molecule has 25 heavy (non-hydrogen) atoms. The lowest BCUT2D eigenvalue weighted by Crippen LogP contribution is -2.34. The number of amides is 1. The molecule has 132 valence electrons. The van der Waals surface area contributed by atoms with Crippen molar-refractivity contribution in [1.29, 1.82) is 0 Å². The summed E-state index contributed by atoms with van der Waals surface area (Å²) in [6.45, 7) is 2.80. The molecule has 0 radical (unpaired) electrons. The van der Waals surface area contributed by atoms with Gasteiger partial charge in [-0.25, -0.2) is 0 Å². The van der Waals surface area contributed by atoms with Crippen molar-refractivity contribution in [3.05, 3.63) is 56.1 Å². The average molecular weight is 533 g/mol. The van der Waals surface area contributed by atoms with E-state index in [1.54, 1.807) is 24.3 Å². The zero-order valence-electron chi connectivity index (χ0n) is 13.6. The summed E-state index contributed by atoms with van der Waals surface area (Å²) in [5.41, 5.74) is 1.37. The highest BCUT2D eigenvalue weighted by atomic mass is 127. The molecule has 2 N–H and O–H groups in total. The van der Waals surface area contributed by atoms with Crippen LogP contribution in [0.25, 0.3) is 0 Å². The van der Waals surface area contributed by atoms with Crippen LogP contribution >= 0.6 is 50.7 Å². The predicted octanol–water partition coefficient (Wildman–Crippen LogP) is 5.36. The number of rotatable bonds is 6. The van der Waals surface area contributed by atoms with E-state index < -0.39 is 0 Å². The van der Waals surface area contributed by atoms with Crippen molar-refractivity contribution in [3.8, 4) is 5.75 Å². The van der Waals surface area contributed by atoms with E-state index in [4.69, 9.17) is 17.0 Å². The molecule has 2 aromatic rings. The van der Waals surface area contributed by atoms with Crippen molar-refractivity contribution in [1.82, 2.24) is 5.32 Å². The number of benzene rings is 2. The molecule has 0 fully saturated rings. The summed E-state index contributed by atoms with van der Waals surface area (Å²) < 4.78 is 7.57. The lowest BCUT2D eigenvalue weighted by molar-refractivity contribution is 0.0977. The van der Waals surface area contributed by atoms with Crippen molar-refractivity contribution in [2.24, 2.45) is 0 Å². The molecule has 2 aromatic carbocycles. The molecule has 0 heterocycles. The number of halogens is 2. The van der Waals surface area contributed by atoms with E-state index in [1.165, 1.54) is 0 Å². The summed E-state index contributed by atoms with van der Waals surface area (Å²) in [6, 6.07) is 12.8. The van der Waals surface area contributed by atoms with Gasteiger partial charge in [-0.05, 0) is 83.7 Å². The summed E-state index contributed by atoms with van der Waals surface area (Å²) in [6.07, 6.45) is 2.10. The van der Waals surface area contributed by atoms with Gasteiger partial charge in [-0.2, -0.15) is 0 Å². The van der Waals surface area contributed by atoms with Gasteiger partial charge in [-0.15, -0.1) is 0 Å². The first kappa shape index (κ1) is 20.1. The van der Waals surface area contributed by atoms with E-state index in [0.29, 0.717) is 12.2 Å². The van der Waals surface area contributed by atoms with E-state index in [1.807, 2.05) is 18.2 Å². The second kappa shape index (κ2) is 10.1. The Labute approximate surface area is 175 Å². The molecule has 0 unspecified atom stereocenters. The lowest BCUT2D eigenvalue weighted by Gasteiger charge is -2.11. The van der Waals surface area contributed by atoms with Crippen LogP contribution < -0.4 is 15.4 Å². The molecule has 0 saturated carbocycles. The number of hydrogen-bond acceptors (Lipinski definition) is 3. The Bertz CT molecular complexity index is 753. The van der Waals surface area contributed by atoms with Crippen molar-refractivity contribution in [3.63, 3.8) is 0 Å². The van der Waals surface area contributed by atoms with Crippen LogP contribution in [0, 0.1) is 3.57 Å². The maximum absolute atomic E-state index is 12.3. The minimum atomic E-state index is -0.260. The first-order chi connectivity index (χ1) is 12.0. The maximum atomic E-state index is 12.3. The van der Waals surface area contributed by atoms with Gasteiger partial charge < -0.3 is 10.1 Å². The minimum absolute atomic E-state index is 0.258. The van der Waals surface area contributed by atoms with Gasteiger partial charge >= 0.3 is 0 Å². The number of hydrogen-bond donors (Lipinski definition) is 2.